The first kappa shape index (κ1) is 14.3. The molecule has 19 heavy (non-hydrogen) atoms. The molecule has 0 fully saturated rings. The van der Waals surface area contributed by atoms with Crippen molar-refractivity contribution < 1.29 is 4.39 Å². The molecule has 2 aromatic rings. The molecule has 0 aliphatic rings. The molecular weight excluding hydrogens is 283 g/mol. The zero-order chi connectivity index (χ0) is 13.7. The second-order valence-electron chi connectivity index (χ2n) is 4.17. The van der Waals surface area contributed by atoms with Crippen LogP contribution in [0.15, 0.2) is 29.6 Å². The molecular formula is C14H16ClFN2S. The van der Waals surface area contributed by atoms with Crippen LogP contribution in [-0.4, -0.2) is 18.1 Å². The lowest BCUT2D eigenvalue weighted by Crippen LogP contribution is -2.25. The van der Waals surface area contributed by atoms with Crippen LogP contribution in [0.25, 0.3) is 0 Å². The van der Waals surface area contributed by atoms with Crippen molar-refractivity contribution in [2.45, 2.75) is 19.2 Å². The summed E-state index contributed by atoms with van der Waals surface area (Å²) in [7, 11) is 0. The Labute approximate surface area is 121 Å². The van der Waals surface area contributed by atoms with E-state index in [1.54, 1.807) is 11.3 Å². The smallest absolute Gasteiger partial charge is 0.123 e. The number of alkyl halides is 1. The first-order valence-electron chi connectivity index (χ1n) is 6.22. The fraction of sp³-hybridized carbons (Fsp3) is 0.357. The number of rotatable bonds is 6. The summed E-state index contributed by atoms with van der Waals surface area (Å²) in [5.41, 5.74) is 1.98. The Morgan fingerprint density at radius 1 is 1.32 bits per heavy atom. The van der Waals surface area contributed by atoms with Crippen LogP contribution in [0, 0.1) is 5.82 Å². The topological polar surface area (TPSA) is 16.1 Å². The van der Waals surface area contributed by atoms with Crippen molar-refractivity contribution in [3.05, 3.63) is 46.2 Å². The third-order valence-corrected chi connectivity index (χ3v) is 4.14. The minimum absolute atomic E-state index is 0.202. The molecule has 5 heteroatoms. The average molecular weight is 299 g/mol. The molecule has 0 saturated carbocycles. The SMILES string of the molecule is CCN(CCc1nc(CCl)cs1)c1ccc(F)cc1. The number of likely N-dealkylation sites (N-methyl/N-ethyl adjacent to an activating group) is 1. The van der Waals surface area contributed by atoms with Gasteiger partial charge in [-0.25, -0.2) is 9.37 Å². The molecule has 2 nitrogen and oxygen atoms in total. The van der Waals surface area contributed by atoms with Crippen molar-refractivity contribution in [2.75, 3.05) is 18.0 Å². The molecule has 0 spiro atoms. The highest BCUT2D eigenvalue weighted by atomic mass is 35.5. The molecule has 2 rings (SSSR count). The van der Waals surface area contributed by atoms with E-state index in [0.29, 0.717) is 5.88 Å². The third-order valence-electron chi connectivity index (χ3n) is 2.91. The Bertz CT molecular complexity index is 512. The lowest BCUT2D eigenvalue weighted by molar-refractivity contribution is 0.627. The maximum Gasteiger partial charge on any atom is 0.123 e. The van der Waals surface area contributed by atoms with Crippen LogP contribution in [-0.2, 0) is 12.3 Å². The summed E-state index contributed by atoms with van der Waals surface area (Å²) in [6.07, 6.45) is 0.882. The van der Waals surface area contributed by atoms with Gasteiger partial charge in [0.2, 0.25) is 0 Å². The highest BCUT2D eigenvalue weighted by molar-refractivity contribution is 7.09. The summed E-state index contributed by atoms with van der Waals surface area (Å²) in [5.74, 6) is 0.262. The first-order chi connectivity index (χ1) is 9.22. The molecule has 0 aliphatic carbocycles. The van der Waals surface area contributed by atoms with Crippen LogP contribution in [0.5, 0.6) is 0 Å². The molecule has 0 saturated heterocycles. The van der Waals surface area contributed by atoms with E-state index in [2.05, 4.69) is 16.8 Å². The number of halogens is 2. The predicted molar refractivity (Wildman–Crippen MR) is 79.7 cm³/mol. The summed E-state index contributed by atoms with van der Waals surface area (Å²) >= 11 is 7.38. The van der Waals surface area contributed by atoms with Crippen LogP contribution in [0.2, 0.25) is 0 Å². The standard InChI is InChI=1S/C14H16ClFN2S/c1-2-18(13-5-3-11(16)4-6-13)8-7-14-17-12(9-15)10-19-14/h3-6,10H,2,7-9H2,1H3. The van der Waals surface area contributed by atoms with E-state index in [4.69, 9.17) is 11.6 Å². The van der Waals surface area contributed by atoms with Gasteiger partial charge < -0.3 is 4.90 Å². The summed E-state index contributed by atoms with van der Waals surface area (Å²) in [4.78, 5) is 6.65. The molecule has 0 N–H and O–H groups in total. The lowest BCUT2D eigenvalue weighted by atomic mass is 10.2. The largest absolute Gasteiger partial charge is 0.371 e. The number of anilines is 1. The van der Waals surface area contributed by atoms with E-state index < -0.39 is 0 Å². The highest BCUT2D eigenvalue weighted by Gasteiger charge is 2.07. The molecule has 1 aromatic heterocycles. The van der Waals surface area contributed by atoms with Crippen molar-refractivity contribution in [2.24, 2.45) is 0 Å². The Morgan fingerprint density at radius 2 is 2.05 bits per heavy atom. The van der Waals surface area contributed by atoms with Gasteiger partial charge in [-0.1, -0.05) is 0 Å². The second-order valence-corrected chi connectivity index (χ2v) is 5.38. The summed E-state index contributed by atoms with van der Waals surface area (Å²) < 4.78 is 12.9. The number of benzene rings is 1. The van der Waals surface area contributed by atoms with Crippen molar-refractivity contribution in [1.29, 1.82) is 0 Å². The second kappa shape index (κ2) is 6.87. The van der Waals surface area contributed by atoms with E-state index in [1.165, 1.54) is 12.1 Å². The van der Waals surface area contributed by atoms with Crippen LogP contribution in [0.4, 0.5) is 10.1 Å². The molecule has 0 unspecified atom stereocenters. The van der Waals surface area contributed by atoms with Crippen LogP contribution in [0.1, 0.15) is 17.6 Å². The molecule has 0 bridgehead atoms. The van der Waals surface area contributed by atoms with Crippen LogP contribution in [0.3, 0.4) is 0 Å². The zero-order valence-electron chi connectivity index (χ0n) is 10.8. The van der Waals surface area contributed by atoms with Crippen LogP contribution >= 0.6 is 22.9 Å². The van der Waals surface area contributed by atoms with Gasteiger partial charge in [0.1, 0.15) is 5.82 Å². The summed E-state index contributed by atoms with van der Waals surface area (Å²) in [5, 5.41) is 3.09. The Hall–Kier alpha value is -1.13. The van der Waals surface area contributed by atoms with Crippen LogP contribution < -0.4 is 4.90 Å². The van der Waals surface area contributed by atoms with E-state index in [9.17, 15) is 4.39 Å². The molecule has 0 atom stereocenters. The number of aromatic nitrogens is 1. The minimum Gasteiger partial charge on any atom is -0.371 e. The van der Waals surface area contributed by atoms with Gasteiger partial charge in [-0.05, 0) is 31.2 Å². The quantitative estimate of drug-likeness (QED) is 0.747. The van der Waals surface area contributed by atoms with Gasteiger partial charge in [0.25, 0.3) is 0 Å². The van der Waals surface area contributed by atoms with Gasteiger partial charge in [-0.2, -0.15) is 0 Å². The van der Waals surface area contributed by atoms with E-state index in [1.807, 2.05) is 17.5 Å². The minimum atomic E-state index is -0.202. The Balaban J connectivity index is 1.97. The van der Waals surface area contributed by atoms with Gasteiger partial charge in [-0.3, -0.25) is 0 Å². The highest BCUT2D eigenvalue weighted by Crippen LogP contribution is 2.17. The number of hydrogen-bond donors (Lipinski definition) is 0. The normalized spacial score (nSPS) is 10.7. The number of thiazole rings is 1. The fourth-order valence-electron chi connectivity index (χ4n) is 1.88. The number of hydrogen-bond acceptors (Lipinski definition) is 3. The monoisotopic (exact) mass is 298 g/mol. The fourth-order valence-corrected chi connectivity index (χ4v) is 2.89. The number of nitrogens with zero attached hydrogens (tertiary/aromatic N) is 2. The average Bonchev–Trinajstić information content (AvgIpc) is 2.89. The van der Waals surface area contributed by atoms with Crippen molar-refractivity contribution >= 4 is 28.6 Å². The van der Waals surface area contributed by atoms with Gasteiger partial charge in [0, 0.05) is 30.6 Å². The maximum absolute atomic E-state index is 12.9. The van der Waals surface area contributed by atoms with Crippen molar-refractivity contribution in [3.8, 4) is 0 Å². The Morgan fingerprint density at radius 3 is 2.63 bits per heavy atom. The first-order valence-corrected chi connectivity index (χ1v) is 7.64. The van der Waals surface area contributed by atoms with Gasteiger partial charge in [0.05, 0.1) is 16.6 Å². The molecule has 0 radical (unpaired) electrons. The lowest BCUT2D eigenvalue weighted by Gasteiger charge is -2.22. The van der Waals surface area contributed by atoms with Gasteiger partial charge in [0.15, 0.2) is 0 Å². The summed E-state index contributed by atoms with van der Waals surface area (Å²) in [6.45, 7) is 3.85. The van der Waals surface area contributed by atoms with E-state index in [-0.39, 0.29) is 5.82 Å². The predicted octanol–water partition coefficient (Wildman–Crippen LogP) is 4.09. The molecule has 1 aromatic carbocycles. The third kappa shape index (κ3) is 3.91. The molecule has 0 aliphatic heterocycles. The van der Waals surface area contributed by atoms with Gasteiger partial charge in [-0.15, -0.1) is 22.9 Å². The van der Waals surface area contributed by atoms with Crippen molar-refractivity contribution in [1.82, 2.24) is 4.98 Å². The molecule has 102 valence electrons. The Kier molecular flexibility index (Phi) is 5.16. The van der Waals surface area contributed by atoms with E-state index >= 15 is 0 Å². The zero-order valence-corrected chi connectivity index (χ0v) is 12.3. The molecule has 0 amide bonds. The van der Waals surface area contributed by atoms with E-state index in [0.717, 1.165) is 35.9 Å². The summed E-state index contributed by atoms with van der Waals surface area (Å²) in [6, 6.07) is 6.61. The molecule has 1 heterocycles. The van der Waals surface area contributed by atoms with Gasteiger partial charge >= 0.3 is 0 Å². The maximum atomic E-state index is 12.9. The van der Waals surface area contributed by atoms with Crippen molar-refractivity contribution in [3.63, 3.8) is 0 Å².